The minimum absolute atomic E-state index is 0.0565. The summed E-state index contributed by atoms with van der Waals surface area (Å²) in [5, 5.41) is 2.54. The number of methoxy groups -OCH3 is 1. The lowest BCUT2D eigenvalue weighted by Crippen LogP contribution is -2.25. The highest BCUT2D eigenvalue weighted by Gasteiger charge is 2.34. The van der Waals surface area contributed by atoms with Gasteiger partial charge in [0, 0.05) is 38.4 Å². The fourth-order valence-electron chi connectivity index (χ4n) is 3.48. The van der Waals surface area contributed by atoms with Gasteiger partial charge in [-0.3, -0.25) is 9.52 Å². The van der Waals surface area contributed by atoms with Gasteiger partial charge in [0.1, 0.15) is 17.3 Å². The zero-order chi connectivity index (χ0) is 25.8. The second-order valence-electron chi connectivity index (χ2n) is 7.94. The maximum Gasteiger partial charge on any atom is 0.433 e. The van der Waals surface area contributed by atoms with Crippen LogP contribution in [0, 0.1) is 5.82 Å². The van der Waals surface area contributed by atoms with Gasteiger partial charge >= 0.3 is 6.18 Å². The van der Waals surface area contributed by atoms with Crippen LogP contribution in [0.15, 0.2) is 36.4 Å². The summed E-state index contributed by atoms with van der Waals surface area (Å²) in [6.45, 7) is 0.766. The third-order valence-corrected chi connectivity index (χ3v) is 5.77. The molecule has 2 N–H and O–H groups in total. The summed E-state index contributed by atoms with van der Waals surface area (Å²) >= 11 is 0. The molecule has 190 valence electrons. The average Bonchev–Trinajstić information content (AvgIpc) is 3.25. The molecule has 1 unspecified atom stereocenters. The van der Waals surface area contributed by atoms with Gasteiger partial charge in [0.05, 0.1) is 18.0 Å². The SMILES string of the molecule is COC1CCN(c2nc(C(F)(F)F)ccc2/C=C/C(=O)NCc2ccc(NS(C)(=O)=O)c(F)c2)C1. The number of carbonyl (C=O) groups is 1. The summed E-state index contributed by atoms with van der Waals surface area (Å²) in [6, 6.07) is 5.85. The number of carbonyl (C=O) groups excluding carboxylic acids is 1. The highest BCUT2D eigenvalue weighted by molar-refractivity contribution is 7.92. The van der Waals surface area contributed by atoms with Crippen molar-refractivity contribution in [3.05, 3.63) is 59.0 Å². The first-order chi connectivity index (χ1) is 16.4. The van der Waals surface area contributed by atoms with Crippen LogP contribution in [0.3, 0.4) is 0 Å². The number of nitrogens with zero attached hydrogens (tertiary/aromatic N) is 2. The first kappa shape index (κ1) is 26.4. The van der Waals surface area contributed by atoms with E-state index in [9.17, 15) is 30.8 Å². The molecule has 2 aromatic rings. The Kier molecular flexibility index (Phi) is 8.00. The highest BCUT2D eigenvalue weighted by atomic mass is 32.2. The monoisotopic (exact) mass is 516 g/mol. The Labute approximate surface area is 200 Å². The molecule has 35 heavy (non-hydrogen) atoms. The molecular weight excluding hydrogens is 492 g/mol. The Bertz CT molecular complexity index is 1220. The summed E-state index contributed by atoms with van der Waals surface area (Å²) in [7, 11) is -2.12. The molecule has 2 heterocycles. The van der Waals surface area contributed by atoms with E-state index in [-0.39, 0.29) is 24.2 Å². The number of benzene rings is 1. The van der Waals surface area contributed by atoms with E-state index >= 15 is 0 Å². The number of hydrogen-bond acceptors (Lipinski definition) is 6. The van der Waals surface area contributed by atoms with Crippen LogP contribution >= 0.6 is 0 Å². The molecule has 1 aliphatic rings. The lowest BCUT2D eigenvalue weighted by Gasteiger charge is -2.21. The standard InChI is InChI=1S/C22H24F4N4O4S/c1-34-16-9-10-30(13-16)21-15(4-7-19(28-21)22(24,25)26)5-8-20(31)27-12-14-3-6-18(17(23)11-14)29-35(2,32)33/h3-8,11,16,29H,9-10,12-13H2,1-2H3,(H,27,31)/b8-5+. The van der Waals surface area contributed by atoms with Crippen molar-refractivity contribution in [1.82, 2.24) is 10.3 Å². The van der Waals surface area contributed by atoms with Gasteiger partial charge in [-0.2, -0.15) is 13.2 Å². The number of hydrogen-bond donors (Lipinski definition) is 2. The molecule has 0 radical (unpaired) electrons. The van der Waals surface area contributed by atoms with E-state index in [1.165, 1.54) is 31.4 Å². The molecule has 0 spiro atoms. The number of ether oxygens (including phenoxy) is 1. The molecule has 13 heteroatoms. The Morgan fingerprint density at radius 3 is 2.63 bits per heavy atom. The van der Waals surface area contributed by atoms with Crippen LogP contribution in [-0.2, 0) is 32.3 Å². The van der Waals surface area contributed by atoms with Crippen molar-refractivity contribution in [2.24, 2.45) is 0 Å². The van der Waals surface area contributed by atoms with Crippen molar-refractivity contribution in [3.63, 3.8) is 0 Å². The highest BCUT2D eigenvalue weighted by Crippen LogP contribution is 2.32. The lowest BCUT2D eigenvalue weighted by atomic mass is 10.2. The number of anilines is 2. The molecule has 1 aromatic heterocycles. The molecule has 0 saturated carbocycles. The first-order valence-electron chi connectivity index (χ1n) is 10.4. The van der Waals surface area contributed by atoms with Crippen molar-refractivity contribution in [3.8, 4) is 0 Å². The number of aromatic nitrogens is 1. The zero-order valence-electron chi connectivity index (χ0n) is 18.9. The zero-order valence-corrected chi connectivity index (χ0v) is 19.7. The largest absolute Gasteiger partial charge is 0.433 e. The van der Waals surface area contributed by atoms with E-state index in [0.29, 0.717) is 30.6 Å². The fraction of sp³-hybridized carbons (Fsp3) is 0.364. The van der Waals surface area contributed by atoms with Crippen LogP contribution < -0.4 is 14.9 Å². The number of rotatable bonds is 8. The van der Waals surface area contributed by atoms with Crippen molar-refractivity contribution in [1.29, 1.82) is 0 Å². The number of sulfonamides is 1. The van der Waals surface area contributed by atoms with Crippen molar-refractivity contribution in [2.75, 3.05) is 36.1 Å². The minimum Gasteiger partial charge on any atom is -0.380 e. The molecule has 1 aromatic carbocycles. The second-order valence-corrected chi connectivity index (χ2v) is 9.69. The van der Waals surface area contributed by atoms with Gasteiger partial charge in [-0.15, -0.1) is 0 Å². The average molecular weight is 517 g/mol. The predicted molar refractivity (Wildman–Crippen MR) is 123 cm³/mol. The summed E-state index contributed by atoms with van der Waals surface area (Å²) in [4.78, 5) is 17.7. The van der Waals surface area contributed by atoms with Gasteiger partial charge in [-0.05, 0) is 42.3 Å². The van der Waals surface area contributed by atoms with E-state index < -0.39 is 33.6 Å². The van der Waals surface area contributed by atoms with Gasteiger partial charge < -0.3 is 15.0 Å². The van der Waals surface area contributed by atoms with Gasteiger partial charge in [-0.1, -0.05) is 6.07 Å². The summed E-state index contributed by atoms with van der Waals surface area (Å²) in [5.41, 5.74) is -0.553. The van der Waals surface area contributed by atoms with Gasteiger partial charge in [0.15, 0.2) is 0 Å². The first-order valence-corrected chi connectivity index (χ1v) is 12.3. The molecule has 3 rings (SSSR count). The molecule has 0 bridgehead atoms. The Morgan fingerprint density at radius 1 is 1.29 bits per heavy atom. The smallest absolute Gasteiger partial charge is 0.380 e. The van der Waals surface area contributed by atoms with Gasteiger partial charge in [0.25, 0.3) is 0 Å². The third kappa shape index (κ3) is 7.39. The normalized spacial score (nSPS) is 16.6. The van der Waals surface area contributed by atoms with E-state index in [1.807, 2.05) is 4.72 Å². The molecule has 1 amide bonds. The number of alkyl halides is 3. The Morgan fingerprint density at radius 2 is 2.03 bits per heavy atom. The maximum absolute atomic E-state index is 14.1. The van der Waals surface area contributed by atoms with Crippen LogP contribution in [0.2, 0.25) is 0 Å². The predicted octanol–water partition coefficient (Wildman–Crippen LogP) is 3.17. The summed E-state index contributed by atoms with van der Waals surface area (Å²) in [6.07, 6.45) is -0.718. The maximum atomic E-state index is 14.1. The Balaban J connectivity index is 1.71. The lowest BCUT2D eigenvalue weighted by molar-refractivity contribution is -0.141. The quantitative estimate of drug-likeness (QED) is 0.413. The molecule has 1 aliphatic heterocycles. The molecule has 1 atom stereocenters. The second kappa shape index (κ2) is 10.6. The third-order valence-electron chi connectivity index (χ3n) is 5.18. The van der Waals surface area contributed by atoms with Crippen molar-refractivity contribution < 1.29 is 35.5 Å². The van der Waals surface area contributed by atoms with Gasteiger partial charge in [0.2, 0.25) is 15.9 Å². The van der Waals surface area contributed by atoms with E-state index in [0.717, 1.165) is 24.5 Å². The van der Waals surface area contributed by atoms with Crippen molar-refractivity contribution in [2.45, 2.75) is 25.2 Å². The molecule has 1 saturated heterocycles. The molecule has 1 fully saturated rings. The fourth-order valence-corrected chi connectivity index (χ4v) is 4.04. The van der Waals surface area contributed by atoms with Crippen LogP contribution in [0.5, 0.6) is 0 Å². The van der Waals surface area contributed by atoms with Crippen LogP contribution in [0.4, 0.5) is 29.1 Å². The van der Waals surface area contributed by atoms with Crippen LogP contribution in [0.25, 0.3) is 6.08 Å². The van der Waals surface area contributed by atoms with Crippen LogP contribution in [-0.4, -0.2) is 51.9 Å². The molecule has 0 aliphatic carbocycles. The van der Waals surface area contributed by atoms with Crippen LogP contribution in [0.1, 0.15) is 23.2 Å². The Hall–Kier alpha value is -3.19. The van der Waals surface area contributed by atoms with E-state index in [2.05, 4.69) is 10.3 Å². The molecular formula is C22H24F4N4O4S. The van der Waals surface area contributed by atoms with Gasteiger partial charge in [-0.25, -0.2) is 17.8 Å². The topological polar surface area (TPSA) is 101 Å². The van der Waals surface area contributed by atoms with Crippen molar-refractivity contribution >= 4 is 33.5 Å². The molecule has 8 nitrogen and oxygen atoms in total. The van der Waals surface area contributed by atoms with E-state index in [1.54, 1.807) is 4.90 Å². The number of amides is 1. The number of pyridine rings is 1. The summed E-state index contributed by atoms with van der Waals surface area (Å²) in [5.74, 6) is -1.27. The number of nitrogens with one attached hydrogen (secondary N) is 2. The minimum atomic E-state index is -4.61. The van der Waals surface area contributed by atoms with E-state index in [4.69, 9.17) is 4.74 Å². The number of halogens is 4. The summed E-state index contributed by atoms with van der Waals surface area (Å²) < 4.78 is 83.4.